The molecule has 25 heavy (non-hydrogen) atoms. The summed E-state index contributed by atoms with van der Waals surface area (Å²) in [5.74, 6) is 1.13. The number of nitrogens with zero attached hydrogens (tertiary/aromatic N) is 3. The molecule has 1 aliphatic rings. The minimum atomic E-state index is 0.0271. The fourth-order valence-corrected chi connectivity index (χ4v) is 3.18. The SMILES string of the molecule is CC1CCCN(C(=O)c2cnc(NCCc3ccc(Cl)cc3)nc2)C1. The molecule has 1 aliphatic heterocycles. The number of piperidine rings is 1. The first-order valence-electron chi connectivity index (χ1n) is 8.71. The van der Waals surface area contributed by atoms with Crippen LogP contribution in [-0.2, 0) is 6.42 Å². The van der Waals surface area contributed by atoms with Crippen molar-refractivity contribution in [2.75, 3.05) is 25.0 Å². The van der Waals surface area contributed by atoms with Crippen LogP contribution >= 0.6 is 11.6 Å². The van der Waals surface area contributed by atoms with Crippen molar-refractivity contribution in [2.24, 2.45) is 5.92 Å². The van der Waals surface area contributed by atoms with Crippen molar-refractivity contribution in [3.8, 4) is 0 Å². The van der Waals surface area contributed by atoms with Crippen molar-refractivity contribution in [1.29, 1.82) is 0 Å². The van der Waals surface area contributed by atoms with Gasteiger partial charge in [0.25, 0.3) is 5.91 Å². The molecular weight excluding hydrogens is 336 g/mol. The number of rotatable bonds is 5. The zero-order chi connectivity index (χ0) is 17.6. The second-order valence-electron chi connectivity index (χ2n) is 6.60. The first-order valence-corrected chi connectivity index (χ1v) is 9.09. The molecule has 1 atom stereocenters. The van der Waals surface area contributed by atoms with Crippen molar-refractivity contribution in [3.05, 3.63) is 52.8 Å². The highest BCUT2D eigenvalue weighted by molar-refractivity contribution is 6.30. The quantitative estimate of drug-likeness (QED) is 0.886. The third-order valence-electron chi connectivity index (χ3n) is 4.45. The van der Waals surface area contributed by atoms with Gasteiger partial charge in [-0.05, 0) is 42.9 Å². The van der Waals surface area contributed by atoms with Gasteiger partial charge in [0.15, 0.2) is 0 Å². The number of likely N-dealkylation sites (tertiary alicyclic amines) is 1. The average molecular weight is 359 g/mol. The number of hydrogen-bond donors (Lipinski definition) is 1. The molecule has 1 aromatic carbocycles. The summed E-state index contributed by atoms with van der Waals surface area (Å²) in [4.78, 5) is 22.9. The molecule has 1 saturated heterocycles. The first kappa shape index (κ1) is 17.7. The van der Waals surface area contributed by atoms with Crippen LogP contribution in [0.2, 0.25) is 5.02 Å². The smallest absolute Gasteiger partial charge is 0.257 e. The Morgan fingerprint density at radius 1 is 1.28 bits per heavy atom. The van der Waals surface area contributed by atoms with Gasteiger partial charge in [0.1, 0.15) is 0 Å². The van der Waals surface area contributed by atoms with Crippen molar-refractivity contribution in [3.63, 3.8) is 0 Å². The molecular formula is C19H23ClN4O. The monoisotopic (exact) mass is 358 g/mol. The summed E-state index contributed by atoms with van der Waals surface area (Å²) in [7, 11) is 0. The predicted octanol–water partition coefficient (Wildman–Crippen LogP) is 3.66. The van der Waals surface area contributed by atoms with Crippen LogP contribution in [-0.4, -0.2) is 40.4 Å². The summed E-state index contributed by atoms with van der Waals surface area (Å²) in [5, 5.41) is 3.92. The number of benzene rings is 1. The van der Waals surface area contributed by atoms with Gasteiger partial charge >= 0.3 is 0 Å². The molecule has 0 aliphatic carbocycles. The number of anilines is 1. The third kappa shape index (κ3) is 4.92. The maximum Gasteiger partial charge on any atom is 0.257 e. The topological polar surface area (TPSA) is 58.1 Å². The molecule has 2 aromatic rings. The average Bonchev–Trinajstić information content (AvgIpc) is 2.63. The summed E-state index contributed by atoms with van der Waals surface area (Å²) < 4.78 is 0. The second kappa shape index (κ2) is 8.30. The Morgan fingerprint density at radius 2 is 2.00 bits per heavy atom. The predicted molar refractivity (Wildman–Crippen MR) is 100.0 cm³/mol. The van der Waals surface area contributed by atoms with Crippen LogP contribution in [0.5, 0.6) is 0 Å². The van der Waals surface area contributed by atoms with E-state index in [9.17, 15) is 4.79 Å². The Balaban J connectivity index is 1.51. The molecule has 0 radical (unpaired) electrons. The number of carbonyl (C=O) groups excluding carboxylic acids is 1. The van der Waals surface area contributed by atoms with E-state index in [1.165, 1.54) is 12.0 Å². The fraction of sp³-hybridized carbons (Fsp3) is 0.421. The molecule has 1 aromatic heterocycles. The summed E-state index contributed by atoms with van der Waals surface area (Å²) in [6.45, 7) is 4.55. The molecule has 132 valence electrons. The molecule has 3 rings (SSSR count). The minimum absolute atomic E-state index is 0.0271. The van der Waals surface area contributed by atoms with Crippen LogP contribution in [0, 0.1) is 5.92 Å². The van der Waals surface area contributed by atoms with Crippen molar-refractivity contribution in [2.45, 2.75) is 26.2 Å². The highest BCUT2D eigenvalue weighted by Gasteiger charge is 2.22. The van der Waals surface area contributed by atoms with E-state index >= 15 is 0 Å². The normalized spacial score (nSPS) is 17.4. The van der Waals surface area contributed by atoms with Crippen molar-refractivity contribution < 1.29 is 4.79 Å². The van der Waals surface area contributed by atoms with E-state index < -0.39 is 0 Å². The minimum Gasteiger partial charge on any atom is -0.354 e. The molecule has 1 amide bonds. The van der Waals surface area contributed by atoms with E-state index in [1.54, 1.807) is 12.4 Å². The molecule has 0 spiro atoms. The summed E-state index contributed by atoms with van der Waals surface area (Å²) >= 11 is 5.88. The van der Waals surface area contributed by atoms with E-state index in [4.69, 9.17) is 11.6 Å². The Morgan fingerprint density at radius 3 is 2.68 bits per heavy atom. The largest absolute Gasteiger partial charge is 0.354 e. The first-order chi connectivity index (χ1) is 12.1. The Bertz CT molecular complexity index is 702. The highest BCUT2D eigenvalue weighted by atomic mass is 35.5. The fourth-order valence-electron chi connectivity index (χ4n) is 3.06. The highest BCUT2D eigenvalue weighted by Crippen LogP contribution is 2.17. The van der Waals surface area contributed by atoms with Gasteiger partial charge in [0, 0.05) is 37.1 Å². The lowest BCUT2D eigenvalue weighted by Crippen LogP contribution is -2.39. The van der Waals surface area contributed by atoms with Gasteiger partial charge in [-0.2, -0.15) is 0 Å². The summed E-state index contributed by atoms with van der Waals surface area (Å²) in [6.07, 6.45) is 6.33. The lowest BCUT2D eigenvalue weighted by molar-refractivity contribution is 0.0682. The number of aromatic nitrogens is 2. The molecule has 6 heteroatoms. The molecule has 0 saturated carbocycles. The zero-order valence-corrected chi connectivity index (χ0v) is 15.2. The van der Waals surface area contributed by atoms with E-state index in [-0.39, 0.29) is 5.91 Å². The van der Waals surface area contributed by atoms with Crippen LogP contribution in [0.4, 0.5) is 5.95 Å². The molecule has 1 fully saturated rings. The van der Waals surface area contributed by atoms with Crippen LogP contribution in [0.15, 0.2) is 36.7 Å². The Labute approximate surface area is 153 Å². The lowest BCUT2D eigenvalue weighted by atomic mass is 10.00. The standard InChI is InChI=1S/C19H23ClN4O/c1-14-3-2-10-24(13-14)18(25)16-11-22-19(23-12-16)21-9-8-15-4-6-17(20)7-5-15/h4-7,11-12,14H,2-3,8-10,13H2,1H3,(H,21,22,23). The van der Waals surface area contributed by atoms with Gasteiger partial charge in [0.2, 0.25) is 5.95 Å². The van der Waals surface area contributed by atoms with Gasteiger partial charge < -0.3 is 10.2 Å². The van der Waals surface area contributed by atoms with Gasteiger partial charge in [-0.3, -0.25) is 4.79 Å². The van der Waals surface area contributed by atoms with E-state index in [1.807, 2.05) is 29.2 Å². The number of hydrogen-bond acceptors (Lipinski definition) is 4. The van der Waals surface area contributed by atoms with Crippen LogP contribution in [0.3, 0.4) is 0 Å². The molecule has 5 nitrogen and oxygen atoms in total. The van der Waals surface area contributed by atoms with Gasteiger partial charge in [0.05, 0.1) is 5.56 Å². The molecule has 0 bridgehead atoms. The van der Waals surface area contributed by atoms with Crippen molar-refractivity contribution >= 4 is 23.5 Å². The van der Waals surface area contributed by atoms with E-state index in [0.29, 0.717) is 17.4 Å². The number of carbonyl (C=O) groups is 1. The summed E-state index contributed by atoms with van der Waals surface area (Å²) in [6, 6.07) is 7.78. The molecule has 1 N–H and O–H groups in total. The molecule has 2 heterocycles. The van der Waals surface area contributed by atoms with Crippen LogP contribution in [0.1, 0.15) is 35.7 Å². The maximum atomic E-state index is 12.5. The Kier molecular flexibility index (Phi) is 5.87. The van der Waals surface area contributed by atoms with Gasteiger partial charge in [-0.15, -0.1) is 0 Å². The molecule has 1 unspecified atom stereocenters. The third-order valence-corrected chi connectivity index (χ3v) is 4.71. The Hall–Kier alpha value is -2.14. The van der Waals surface area contributed by atoms with Gasteiger partial charge in [-0.1, -0.05) is 30.7 Å². The second-order valence-corrected chi connectivity index (χ2v) is 7.03. The van der Waals surface area contributed by atoms with Crippen LogP contribution < -0.4 is 5.32 Å². The van der Waals surface area contributed by atoms with Gasteiger partial charge in [-0.25, -0.2) is 9.97 Å². The number of amides is 1. The zero-order valence-electron chi connectivity index (χ0n) is 14.4. The van der Waals surface area contributed by atoms with E-state index in [0.717, 1.165) is 37.5 Å². The lowest BCUT2D eigenvalue weighted by Gasteiger charge is -2.30. The maximum absolute atomic E-state index is 12.5. The van der Waals surface area contributed by atoms with Crippen molar-refractivity contribution in [1.82, 2.24) is 14.9 Å². The number of halogens is 1. The number of nitrogens with one attached hydrogen (secondary N) is 1. The van der Waals surface area contributed by atoms with E-state index in [2.05, 4.69) is 22.2 Å². The van der Waals surface area contributed by atoms with Crippen LogP contribution in [0.25, 0.3) is 0 Å². The summed E-state index contributed by atoms with van der Waals surface area (Å²) in [5.41, 5.74) is 1.75.